The highest BCUT2D eigenvalue weighted by Gasteiger charge is 2.12. The molecular formula is C7H14N4O. The molecule has 0 saturated carbocycles. The van der Waals surface area contributed by atoms with Crippen molar-refractivity contribution in [3.63, 3.8) is 0 Å². The first-order chi connectivity index (χ1) is 5.74. The van der Waals surface area contributed by atoms with Gasteiger partial charge in [-0.05, 0) is 11.6 Å². The fourth-order valence-corrected chi connectivity index (χ4v) is 0.945. The fraction of sp³-hybridized carbons (Fsp3) is 0.714. The van der Waals surface area contributed by atoms with E-state index in [0.717, 1.165) is 19.3 Å². The molecule has 0 aromatic carbocycles. The zero-order valence-corrected chi connectivity index (χ0v) is 7.16. The van der Waals surface area contributed by atoms with Gasteiger partial charge in [-0.2, -0.15) is 4.98 Å². The number of nitrogens with two attached hydrogens (primary N) is 2. The first-order valence-corrected chi connectivity index (χ1v) is 4.08. The van der Waals surface area contributed by atoms with Gasteiger partial charge in [-0.15, -0.1) is 0 Å². The van der Waals surface area contributed by atoms with Gasteiger partial charge in [-0.1, -0.05) is 19.8 Å². The van der Waals surface area contributed by atoms with E-state index in [1.165, 1.54) is 0 Å². The van der Waals surface area contributed by atoms with Gasteiger partial charge in [0, 0.05) is 0 Å². The van der Waals surface area contributed by atoms with Crippen molar-refractivity contribution in [3.8, 4) is 0 Å². The van der Waals surface area contributed by atoms with Gasteiger partial charge in [0.1, 0.15) is 0 Å². The Bertz CT molecular complexity index is 235. The number of rotatable bonds is 4. The minimum absolute atomic E-state index is 0.150. The second kappa shape index (κ2) is 4.06. The van der Waals surface area contributed by atoms with Crippen LogP contribution < -0.4 is 11.5 Å². The third kappa shape index (κ3) is 2.20. The molecule has 1 rings (SSSR count). The van der Waals surface area contributed by atoms with Crippen molar-refractivity contribution in [2.24, 2.45) is 5.73 Å². The van der Waals surface area contributed by atoms with Crippen molar-refractivity contribution < 1.29 is 4.52 Å². The second-order valence-electron chi connectivity index (χ2n) is 2.74. The highest BCUT2D eigenvalue weighted by Crippen LogP contribution is 2.14. The largest absolute Gasteiger partial charge is 0.365 e. The Morgan fingerprint density at radius 2 is 2.33 bits per heavy atom. The molecule has 5 heteroatoms. The summed E-state index contributed by atoms with van der Waals surface area (Å²) in [5, 5.41) is 3.46. The molecule has 0 unspecified atom stereocenters. The Hall–Kier alpha value is -1.10. The Morgan fingerprint density at radius 1 is 1.58 bits per heavy atom. The molecule has 5 nitrogen and oxygen atoms in total. The summed E-state index contributed by atoms with van der Waals surface area (Å²) in [6, 6.07) is -0.172. The number of nitrogen functional groups attached to an aromatic ring is 1. The average molecular weight is 170 g/mol. The van der Waals surface area contributed by atoms with Crippen molar-refractivity contribution in [3.05, 3.63) is 5.89 Å². The topological polar surface area (TPSA) is 91.0 Å². The molecule has 0 amide bonds. The van der Waals surface area contributed by atoms with Crippen molar-refractivity contribution in [2.45, 2.75) is 32.2 Å². The van der Waals surface area contributed by atoms with Crippen LogP contribution in [-0.4, -0.2) is 10.1 Å². The van der Waals surface area contributed by atoms with E-state index in [9.17, 15) is 0 Å². The average Bonchev–Trinajstić information content (AvgIpc) is 2.47. The molecule has 0 spiro atoms. The number of anilines is 1. The predicted molar refractivity (Wildman–Crippen MR) is 45.2 cm³/mol. The lowest BCUT2D eigenvalue weighted by atomic mass is 10.1. The van der Waals surface area contributed by atoms with Gasteiger partial charge in [-0.3, -0.25) is 0 Å². The highest BCUT2D eigenvalue weighted by atomic mass is 16.5. The zero-order valence-electron chi connectivity index (χ0n) is 7.16. The molecule has 1 atom stereocenters. The third-order valence-electron chi connectivity index (χ3n) is 1.64. The van der Waals surface area contributed by atoms with Crippen LogP contribution in [0.2, 0.25) is 0 Å². The Balaban J connectivity index is 2.47. The molecule has 0 aliphatic heterocycles. The van der Waals surface area contributed by atoms with Gasteiger partial charge in [0.05, 0.1) is 6.04 Å². The molecule has 1 aromatic heterocycles. The van der Waals surface area contributed by atoms with Crippen LogP contribution in [0, 0.1) is 0 Å². The van der Waals surface area contributed by atoms with Crippen LogP contribution in [0.5, 0.6) is 0 Å². The maximum absolute atomic E-state index is 5.74. The quantitative estimate of drug-likeness (QED) is 0.698. The minimum atomic E-state index is -0.172. The summed E-state index contributed by atoms with van der Waals surface area (Å²) >= 11 is 0. The van der Waals surface area contributed by atoms with Crippen LogP contribution in [0.4, 0.5) is 5.95 Å². The first kappa shape index (κ1) is 8.99. The molecule has 12 heavy (non-hydrogen) atoms. The van der Waals surface area contributed by atoms with Gasteiger partial charge in [0.15, 0.2) is 0 Å². The molecule has 1 aromatic rings. The maximum Gasteiger partial charge on any atom is 0.260 e. The van der Waals surface area contributed by atoms with Crippen molar-refractivity contribution in [2.75, 3.05) is 5.73 Å². The van der Waals surface area contributed by atoms with Crippen LogP contribution in [0.1, 0.15) is 38.1 Å². The fourth-order valence-electron chi connectivity index (χ4n) is 0.945. The SMILES string of the molecule is CCCC[C@H](N)c1nc(N)no1. The van der Waals surface area contributed by atoms with E-state index in [4.69, 9.17) is 16.0 Å². The lowest BCUT2D eigenvalue weighted by Gasteiger charge is -2.03. The van der Waals surface area contributed by atoms with Crippen molar-refractivity contribution >= 4 is 5.95 Å². The summed E-state index contributed by atoms with van der Waals surface area (Å²) in [6.45, 7) is 2.11. The number of hydrogen-bond donors (Lipinski definition) is 2. The third-order valence-corrected chi connectivity index (χ3v) is 1.64. The van der Waals surface area contributed by atoms with Crippen molar-refractivity contribution in [1.82, 2.24) is 10.1 Å². The lowest BCUT2D eigenvalue weighted by Crippen LogP contribution is -2.10. The molecule has 0 fully saturated rings. The highest BCUT2D eigenvalue weighted by molar-refractivity contribution is 5.11. The molecule has 0 radical (unpaired) electrons. The predicted octanol–water partition coefficient (Wildman–Crippen LogP) is 0.842. The smallest absolute Gasteiger partial charge is 0.260 e. The second-order valence-corrected chi connectivity index (χ2v) is 2.74. The van der Waals surface area contributed by atoms with Gasteiger partial charge >= 0.3 is 0 Å². The Morgan fingerprint density at radius 3 is 2.83 bits per heavy atom. The molecule has 0 saturated heterocycles. The van der Waals surface area contributed by atoms with Crippen LogP contribution in [0.25, 0.3) is 0 Å². The Labute approximate surface area is 71.1 Å². The van der Waals surface area contributed by atoms with E-state index in [-0.39, 0.29) is 12.0 Å². The van der Waals surface area contributed by atoms with Crippen molar-refractivity contribution in [1.29, 1.82) is 0 Å². The van der Waals surface area contributed by atoms with Gasteiger partial charge in [0.25, 0.3) is 5.95 Å². The Kier molecular flexibility index (Phi) is 3.04. The number of hydrogen-bond acceptors (Lipinski definition) is 5. The summed E-state index contributed by atoms with van der Waals surface area (Å²) < 4.78 is 4.81. The molecule has 0 aliphatic carbocycles. The van der Waals surface area contributed by atoms with Crippen LogP contribution in [-0.2, 0) is 0 Å². The summed E-state index contributed by atoms with van der Waals surface area (Å²) in [4.78, 5) is 3.84. The van der Waals surface area contributed by atoms with Crippen LogP contribution in [0.3, 0.4) is 0 Å². The van der Waals surface area contributed by atoms with Gasteiger partial charge < -0.3 is 16.0 Å². The standard InChI is InChI=1S/C7H14N4O/c1-2-3-4-5(8)6-10-7(9)11-12-6/h5H,2-4,8H2,1H3,(H2,9,11)/t5-/m0/s1. The van der Waals surface area contributed by atoms with E-state index >= 15 is 0 Å². The molecular weight excluding hydrogens is 156 g/mol. The molecule has 1 heterocycles. The van der Waals surface area contributed by atoms with E-state index < -0.39 is 0 Å². The number of aromatic nitrogens is 2. The summed E-state index contributed by atoms with van der Waals surface area (Å²) in [7, 11) is 0. The van der Waals surface area contributed by atoms with E-state index in [2.05, 4.69) is 17.1 Å². The summed E-state index contributed by atoms with van der Waals surface area (Å²) in [5.41, 5.74) is 11.0. The number of nitrogens with zero attached hydrogens (tertiary/aromatic N) is 2. The lowest BCUT2D eigenvalue weighted by molar-refractivity contribution is 0.347. The molecule has 4 N–H and O–H groups in total. The van der Waals surface area contributed by atoms with Crippen LogP contribution in [0.15, 0.2) is 4.52 Å². The minimum Gasteiger partial charge on any atom is -0.365 e. The van der Waals surface area contributed by atoms with Gasteiger partial charge in [-0.25, -0.2) is 0 Å². The summed E-state index contributed by atoms with van der Waals surface area (Å²) in [5.74, 6) is 0.581. The van der Waals surface area contributed by atoms with E-state index in [0.29, 0.717) is 5.89 Å². The number of unbranched alkanes of at least 4 members (excludes halogenated alkanes) is 1. The summed E-state index contributed by atoms with van der Waals surface area (Å²) in [6.07, 6.45) is 3.03. The monoisotopic (exact) mass is 170 g/mol. The molecule has 68 valence electrons. The maximum atomic E-state index is 5.74. The molecule has 0 aliphatic rings. The normalized spacial score (nSPS) is 13.2. The van der Waals surface area contributed by atoms with Gasteiger partial charge in [0.2, 0.25) is 5.89 Å². The molecule has 0 bridgehead atoms. The first-order valence-electron chi connectivity index (χ1n) is 4.08. The zero-order chi connectivity index (χ0) is 8.97. The van der Waals surface area contributed by atoms with E-state index in [1.54, 1.807) is 0 Å². The van der Waals surface area contributed by atoms with E-state index in [1.807, 2.05) is 0 Å². The van der Waals surface area contributed by atoms with Crippen LogP contribution >= 0.6 is 0 Å².